The summed E-state index contributed by atoms with van der Waals surface area (Å²) >= 11 is 0. The molecule has 0 N–H and O–H groups in total. The maximum absolute atomic E-state index is 11.4. The lowest BCUT2D eigenvalue weighted by Crippen LogP contribution is -1.93. The minimum atomic E-state index is 0.585. The van der Waals surface area contributed by atoms with E-state index in [2.05, 4.69) is 6.07 Å². The summed E-state index contributed by atoms with van der Waals surface area (Å²) in [5.41, 5.74) is 5.53. The molecule has 0 radical (unpaired) electrons. The van der Waals surface area contributed by atoms with Crippen molar-refractivity contribution in [1.29, 1.82) is 5.26 Å². The van der Waals surface area contributed by atoms with Gasteiger partial charge in [-0.05, 0) is 41.3 Å². The van der Waals surface area contributed by atoms with Gasteiger partial charge in [-0.2, -0.15) is 5.26 Å². The Morgan fingerprint density at radius 2 is 1.67 bits per heavy atom. The number of carbonyl (C=O) groups is 1. The van der Waals surface area contributed by atoms with Crippen LogP contribution >= 0.6 is 0 Å². The highest BCUT2D eigenvalue weighted by Gasteiger charge is 2.09. The van der Waals surface area contributed by atoms with E-state index in [1.165, 1.54) is 0 Å². The molecule has 0 fully saturated rings. The molecule has 0 saturated heterocycles. The minimum absolute atomic E-state index is 0.585. The number of carbonyl (C=O) groups excluding carboxylic acids is 1. The highest BCUT2D eigenvalue weighted by Crippen LogP contribution is 2.28. The number of methoxy groups -OCH3 is 1. The molecule has 132 valence electrons. The first-order chi connectivity index (χ1) is 13.2. The van der Waals surface area contributed by atoms with E-state index in [4.69, 9.17) is 4.74 Å². The predicted molar refractivity (Wildman–Crippen MR) is 109 cm³/mol. The molecule has 3 aromatic carbocycles. The van der Waals surface area contributed by atoms with Crippen LogP contribution in [0.15, 0.2) is 60.7 Å². The number of nitriles is 1. The monoisotopic (exact) mass is 353 g/mol. The fourth-order valence-electron chi connectivity index (χ4n) is 3.06. The van der Waals surface area contributed by atoms with Crippen molar-refractivity contribution >= 4 is 18.4 Å². The van der Waals surface area contributed by atoms with E-state index in [0.717, 1.165) is 39.9 Å². The van der Waals surface area contributed by atoms with Gasteiger partial charge in [0.05, 0.1) is 12.7 Å². The Balaban J connectivity index is 2.07. The molecular formula is C24H19NO2. The van der Waals surface area contributed by atoms with Crippen LogP contribution in [0.3, 0.4) is 0 Å². The van der Waals surface area contributed by atoms with Crippen LogP contribution < -0.4 is 4.74 Å². The molecule has 0 spiro atoms. The third kappa shape index (κ3) is 3.80. The minimum Gasteiger partial charge on any atom is -0.496 e. The van der Waals surface area contributed by atoms with E-state index in [9.17, 15) is 10.1 Å². The second-order valence-corrected chi connectivity index (χ2v) is 6.15. The van der Waals surface area contributed by atoms with Crippen LogP contribution in [-0.2, 0) is 0 Å². The lowest BCUT2D eigenvalue weighted by Gasteiger charge is -2.09. The van der Waals surface area contributed by atoms with Gasteiger partial charge in [0.1, 0.15) is 11.8 Å². The van der Waals surface area contributed by atoms with Crippen LogP contribution in [-0.4, -0.2) is 13.4 Å². The van der Waals surface area contributed by atoms with Crippen molar-refractivity contribution in [3.8, 4) is 22.9 Å². The van der Waals surface area contributed by atoms with Gasteiger partial charge in [-0.1, -0.05) is 60.7 Å². The fraction of sp³-hybridized carbons (Fsp3) is 0.0833. The van der Waals surface area contributed by atoms with E-state index in [0.29, 0.717) is 11.1 Å². The van der Waals surface area contributed by atoms with E-state index >= 15 is 0 Å². The summed E-state index contributed by atoms with van der Waals surface area (Å²) in [6, 6.07) is 21.5. The largest absolute Gasteiger partial charge is 0.496 e. The maximum Gasteiger partial charge on any atom is 0.150 e. The molecule has 0 heterocycles. The van der Waals surface area contributed by atoms with Crippen molar-refractivity contribution in [2.24, 2.45) is 0 Å². The van der Waals surface area contributed by atoms with Gasteiger partial charge in [-0.25, -0.2) is 0 Å². The predicted octanol–water partition coefficient (Wildman–Crippen LogP) is 5.53. The van der Waals surface area contributed by atoms with Gasteiger partial charge in [-0.15, -0.1) is 0 Å². The Hall–Kier alpha value is -3.64. The first-order valence-electron chi connectivity index (χ1n) is 8.58. The highest BCUT2D eigenvalue weighted by molar-refractivity contribution is 5.87. The zero-order valence-corrected chi connectivity index (χ0v) is 15.3. The molecule has 0 aliphatic rings. The Kier molecular flexibility index (Phi) is 5.49. The van der Waals surface area contributed by atoms with Crippen LogP contribution in [0.5, 0.6) is 5.75 Å². The molecule has 27 heavy (non-hydrogen) atoms. The van der Waals surface area contributed by atoms with Gasteiger partial charge in [0.25, 0.3) is 0 Å². The van der Waals surface area contributed by atoms with Crippen molar-refractivity contribution in [1.82, 2.24) is 0 Å². The quantitative estimate of drug-likeness (QED) is 0.448. The van der Waals surface area contributed by atoms with Crippen LogP contribution in [0.2, 0.25) is 0 Å². The fourth-order valence-corrected chi connectivity index (χ4v) is 3.06. The van der Waals surface area contributed by atoms with Crippen LogP contribution in [0.4, 0.5) is 0 Å². The van der Waals surface area contributed by atoms with Gasteiger partial charge in [0, 0.05) is 11.1 Å². The van der Waals surface area contributed by atoms with Gasteiger partial charge in [0.2, 0.25) is 0 Å². The lowest BCUT2D eigenvalue weighted by molar-refractivity contribution is 0.112. The van der Waals surface area contributed by atoms with Crippen molar-refractivity contribution in [3.05, 3.63) is 88.5 Å². The molecule has 3 rings (SSSR count). The summed E-state index contributed by atoms with van der Waals surface area (Å²) in [6.45, 7) is 1.90. The van der Waals surface area contributed by atoms with Crippen molar-refractivity contribution in [2.75, 3.05) is 7.11 Å². The average Bonchev–Trinajstić information content (AvgIpc) is 2.72. The summed E-state index contributed by atoms with van der Waals surface area (Å²) in [5, 5.41) is 9.72. The smallest absolute Gasteiger partial charge is 0.150 e. The van der Waals surface area contributed by atoms with E-state index < -0.39 is 0 Å². The summed E-state index contributed by atoms with van der Waals surface area (Å²) in [4.78, 5) is 11.4. The Morgan fingerprint density at radius 3 is 2.33 bits per heavy atom. The summed E-state index contributed by atoms with van der Waals surface area (Å²) in [6.07, 6.45) is 4.54. The summed E-state index contributed by atoms with van der Waals surface area (Å²) in [5.74, 6) is 0.721. The van der Waals surface area contributed by atoms with Crippen LogP contribution in [0.25, 0.3) is 23.3 Å². The number of rotatable bonds is 5. The zero-order valence-electron chi connectivity index (χ0n) is 15.3. The molecule has 0 saturated carbocycles. The van der Waals surface area contributed by atoms with Crippen LogP contribution in [0, 0.1) is 18.3 Å². The maximum atomic E-state index is 11.4. The number of aldehydes is 1. The molecule has 3 nitrogen and oxygen atoms in total. The standard InChI is InChI=1S/C24H19NO2/c1-17-13-21(16-26)20(14-24(17)27-2)12-11-19-9-6-10-22(23(19)15-25)18-7-4-3-5-8-18/h3-14,16H,1-2H3/b12-11+. The van der Waals surface area contributed by atoms with E-state index in [1.54, 1.807) is 13.2 Å². The second kappa shape index (κ2) is 8.16. The Bertz CT molecular complexity index is 1040. The van der Waals surface area contributed by atoms with Gasteiger partial charge >= 0.3 is 0 Å². The first kappa shape index (κ1) is 18.2. The lowest BCUT2D eigenvalue weighted by atomic mass is 9.95. The Labute approximate surface area is 159 Å². The zero-order chi connectivity index (χ0) is 19.2. The van der Waals surface area contributed by atoms with E-state index in [-0.39, 0.29) is 0 Å². The number of nitrogens with zero attached hydrogens (tertiary/aromatic N) is 1. The Morgan fingerprint density at radius 1 is 0.926 bits per heavy atom. The molecule has 0 aromatic heterocycles. The molecule has 0 amide bonds. The summed E-state index contributed by atoms with van der Waals surface area (Å²) in [7, 11) is 1.60. The van der Waals surface area contributed by atoms with Crippen molar-refractivity contribution in [2.45, 2.75) is 6.92 Å². The molecule has 0 unspecified atom stereocenters. The highest BCUT2D eigenvalue weighted by atomic mass is 16.5. The third-order valence-corrected chi connectivity index (χ3v) is 4.46. The normalized spacial score (nSPS) is 10.6. The van der Waals surface area contributed by atoms with Gasteiger partial charge < -0.3 is 4.74 Å². The number of ether oxygens (including phenoxy) is 1. The molecule has 0 aliphatic heterocycles. The van der Waals surface area contributed by atoms with Crippen molar-refractivity contribution < 1.29 is 9.53 Å². The molecule has 0 atom stereocenters. The molecule has 0 aliphatic carbocycles. The first-order valence-corrected chi connectivity index (χ1v) is 8.58. The van der Waals surface area contributed by atoms with Gasteiger partial charge in [-0.3, -0.25) is 4.79 Å². The third-order valence-electron chi connectivity index (χ3n) is 4.46. The SMILES string of the molecule is COc1cc(/C=C/c2cccc(-c3ccccc3)c2C#N)c(C=O)cc1C. The summed E-state index contributed by atoms with van der Waals surface area (Å²) < 4.78 is 5.36. The van der Waals surface area contributed by atoms with Gasteiger partial charge in [0.15, 0.2) is 6.29 Å². The second-order valence-electron chi connectivity index (χ2n) is 6.15. The number of benzene rings is 3. The molecule has 3 heteroatoms. The topological polar surface area (TPSA) is 50.1 Å². The number of aryl methyl sites for hydroxylation is 1. The number of hydrogen-bond acceptors (Lipinski definition) is 3. The van der Waals surface area contributed by atoms with Crippen LogP contribution in [0.1, 0.15) is 32.6 Å². The molecule has 3 aromatic rings. The molecule has 0 bridgehead atoms. The molecular weight excluding hydrogens is 334 g/mol. The van der Waals surface area contributed by atoms with Crippen molar-refractivity contribution in [3.63, 3.8) is 0 Å². The average molecular weight is 353 g/mol. The number of hydrogen-bond donors (Lipinski definition) is 0. The van der Waals surface area contributed by atoms with E-state index in [1.807, 2.05) is 73.7 Å².